The molecule has 3 heterocycles. The quantitative estimate of drug-likeness (QED) is 0.878. The maximum atomic E-state index is 4.70. The first-order valence-corrected chi connectivity index (χ1v) is 8.92. The molecule has 0 spiro atoms. The van der Waals surface area contributed by atoms with Crippen molar-refractivity contribution in [2.45, 2.75) is 32.1 Å². The number of fused-ring (bicyclic) bond motifs is 1. The van der Waals surface area contributed by atoms with E-state index in [4.69, 9.17) is 4.98 Å². The summed E-state index contributed by atoms with van der Waals surface area (Å²) in [4.78, 5) is 4.70. The second-order valence-corrected chi connectivity index (χ2v) is 6.47. The van der Waals surface area contributed by atoms with Gasteiger partial charge in [0.25, 0.3) is 0 Å². The van der Waals surface area contributed by atoms with Crippen molar-refractivity contribution in [2.24, 2.45) is 0 Å². The van der Waals surface area contributed by atoms with Gasteiger partial charge in [-0.3, -0.25) is 8.71 Å². The summed E-state index contributed by atoms with van der Waals surface area (Å²) in [7, 11) is 1.98. The van der Waals surface area contributed by atoms with Crippen LogP contribution in [0.3, 0.4) is 0 Å². The molecule has 1 saturated heterocycles. The predicted octanol–water partition coefficient (Wildman–Crippen LogP) is 3.40. The van der Waals surface area contributed by atoms with Gasteiger partial charge in [0.2, 0.25) is 0 Å². The lowest BCUT2D eigenvalue weighted by atomic mass is 9.91. The van der Waals surface area contributed by atoms with Gasteiger partial charge in [-0.25, -0.2) is 4.98 Å². The van der Waals surface area contributed by atoms with Gasteiger partial charge in [0.15, 0.2) is 0 Å². The summed E-state index contributed by atoms with van der Waals surface area (Å²) in [5.41, 5.74) is 3.63. The van der Waals surface area contributed by atoms with Crippen LogP contribution in [0.5, 0.6) is 0 Å². The number of aryl methyl sites for hydroxylation is 1. The molecule has 1 aliphatic heterocycles. The highest BCUT2D eigenvalue weighted by molar-refractivity contribution is 7.96. The molecule has 2 aromatic heterocycles. The molecule has 2 aromatic rings. The molecule has 0 aliphatic carbocycles. The number of aromatic nitrogens is 2. The van der Waals surface area contributed by atoms with Gasteiger partial charge in [0.05, 0.1) is 5.69 Å². The number of rotatable bonds is 4. The Kier molecular flexibility index (Phi) is 4.40. The van der Waals surface area contributed by atoms with Crippen LogP contribution in [0.2, 0.25) is 0 Å². The van der Waals surface area contributed by atoms with Gasteiger partial charge in [-0.05, 0) is 43.1 Å². The zero-order valence-electron chi connectivity index (χ0n) is 13.1. The summed E-state index contributed by atoms with van der Waals surface area (Å²) in [5.74, 6) is 1.81. The van der Waals surface area contributed by atoms with E-state index in [-0.39, 0.29) is 0 Å². The molecule has 0 unspecified atom stereocenters. The van der Waals surface area contributed by atoms with E-state index in [0.29, 0.717) is 5.92 Å². The lowest BCUT2D eigenvalue weighted by Crippen LogP contribution is -2.27. The highest BCUT2D eigenvalue weighted by atomic mass is 32.2. The van der Waals surface area contributed by atoms with Gasteiger partial charge in [0.1, 0.15) is 11.5 Å². The largest absolute Gasteiger partial charge is 0.373 e. The van der Waals surface area contributed by atoms with Gasteiger partial charge in [0, 0.05) is 26.3 Å². The van der Waals surface area contributed by atoms with Crippen molar-refractivity contribution < 1.29 is 0 Å². The van der Waals surface area contributed by atoms with E-state index in [1.54, 1.807) is 0 Å². The van der Waals surface area contributed by atoms with E-state index < -0.39 is 0 Å². The highest BCUT2D eigenvalue weighted by Gasteiger charge is 2.21. The molecule has 114 valence electrons. The van der Waals surface area contributed by atoms with Crippen molar-refractivity contribution in [1.29, 1.82) is 0 Å². The van der Waals surface area contributed by atoms with Crippen molar-refractivity contribution in [3.8, 4) is 0 Å². The van der Waals surface area contributed by atoms with Crippen LogP contribution in [0.4, 0.5) is 5.82 Å². The fourth-order valence-electron chi connectivity index (χ4n) is 3.23. The Morgan fingerprint density at radius 2 is 2.10 bits per heavy atom. The number of hydrogen-bond acceptors (Lipinski definition) is 4. The summed E-state index contributed by atoms with van der Waals surface area (Å²) >= 11 is 1.87. The van der Waals surface area contributed by atoms with Gasteiger partial charge in [-0.2, -0.15) is 0 Å². The number of hydrogen-bond donors (Lipinski definition) is 1. The lowest BCUT2D eigenvalue weighted by molar-refractivity contribution is 0.346. The standard InChI is InChI=1S/C16H24N4S/c1-4-14-16(17-2)20-11-13(5-6-15(20)18-14)12-7-9-19(21-3)10-8-12/h5-6,11-12,17H,4,7-10H2,1-3H3. The number of imidazole rings is 1. The van der Waals surface area contributed by atoms with E-state index in [1.165, 1.54) is 31.5 Å². The Morgan fingerprint density at radius 3 is 2.71 bits per heavy atom. The van der Waals surface area contributed by atoms with E-state index in [2.05, 4.69) is 45.5 Å². The molecular formula is C16H24N4S. The van der Waals surface area contributed by atoms with Crippen LogP contribution in [0.1, 0.15) is 36.9 Å². The van der Waals surface area contributed by atoms with Crippen LogP contribution in [0, 0.1) is 0 Å². The fraction of sp³-hybridized carbons (Fsp3) is 0.562. The van der Waals surface area contributed by atoms with Crippen LogP contribution in [0.25, 0.3) is 5.65 Å². The van der Waals surface area contributed by atoms with Crippen LogP contribution < -0.4 is 5.32 Å². The van der Waals surface area contributed by atoms with Crippen LogP contribution >= 0.6 is 11.9 Å². The summed E-state index contributed by atoms with van der Waals surface area (Å²) < 4.78 is 4.68. The summed E-state index contributed by atoms with van der Waals surface area (Å²) in [6, 6.07) is 4.43. The molecule has 0 bridgehead atoms. The van der Waals surface area contributed by atoms with Gasteiger partial charge in [-0.1, -0.05) is 24.9 Å². The van der Waals surface area contributed by atoms with E-state index in [9.17, 15) is 0 Å². The molecular weight excluding hydrogens is 280 g/mol. The Labute approximate surface area is 131 Å². The van der Waals surface area contributed by atoms with Crippen molar-refractivity contribution in [3.05, 3.63) is 29.6 Å². The van der Waals surface area contributed by atoms with Crippen LogP contribution in [0.15, 0.2) is 18.3 Å². The van der Waals surface area contributed by atoms with Crippen molar-refractivity contribution >= 4 is 23.4 Å². The first-order chi connectivity index (χ1) is 10.3. The Hall–Kier alpha value is -1.20. The molecule has 0 atom stereocenters. The third kappa shape index (κ3) is 2.77. The van der Waals surface area contributed by atoms with E-state index in [0.717, 1.165) is 23.6 Å². The normalized spacial score (nSPS) is 17.5. The Balaban J connectivity index is 1.90. The maximum absolute atomic E-state index is 4.70. The second kappa shape index (κ2) is 6.28. The first kappa shape index (κ1) is 14.7. The van der Waals surface area contributed by atoms with Gasteiger partial charge < -0.3 is 5.32 Å². The molecule has 0 radical (unpaired) electrons. The molecule has 1 aliphatic rings. The molecule has 1 N–H and O–H groups in total. The molecule has 4 nitrogen and oxygen atoms in total. The molecule has 3 rings (SSSR count). The number of nitrogens with zero attached hydrogens (tertiary/aromatic N) is 3. The third-order valence-corrected chi connectivity index (χ3v) is 5.35. The average Bonchev–Trinajstić information content (AvgIpc) is 2.91. The van der Waals surface area contributed by atoms with Crippen LogP contribution in [-0.4, -0.2) is 40.1 Å². The molecule has 5 heteroatoms. The zero-order valence-corrected chi connectivity index (χ0v) is 13.9. The predicted molar refractivity (Wildman–Crippen MR) is 91.2 cm³/mol. The van der Waals surface area contributed by atoms with Gasteiger partial charge in [-0.15, -0.1) is 0 Å². The minimum Gasteiger partial charge on any atom is -0.373 e. The van der Waals surface area contributed by atoms with Crippen molar-refractivity contribution in [2.75, 3.05) is 31.7 Å². The topological polar surface area (TPSA) is 32.6 Å². The maximum Gasteiger partial charge on any atom is 0.138 e. The Morgan fingerprint density at radius 1 is 1.33 bits per heavy atom. The average molecular weight is 304 g/mol. The molecule has 1 fully saturated rings. The second-order valence-electron chi connectivity index (χ2n) is 5.59. The molecule has 0 aromatic carbocycles. The van der Waals surface area contributed by atoms with Gasteiger partial charge >= 0.3 is 0 Å². The third-order valence-electron chi connectivity index (χ3n) is 4.47. The van der Waals surface area contributed by atoms with Crippen molar-refractivity contribution in [1.82, 2.24) is 13.7 Å². The minimum atomic E-state index is 0.676. The molecule has 21 heavy (non-hydrogen) atoms. The zero-order chi connectivity index (χ0) is 14.8. The van der Waals surface area contributed by atoms with Crippen molar-refractivity contribution in [3.63, 3.8) is 0 Å². The summed E-state index contributed by atoms with van der Waals surface area (Å²) in [6.45, 7) is 4.53. The fourth-order valence-corrected chi connectivity index (χ4v) is 3.81. The van der Waals surface area contributed by atoms with Crippen LogP contribution in [-0.2, 0) is 6.42 Å². The van der Waals surface area contributed by atoms with E-state index in [1.807, 2.05) is 19.0 Å². The number of pyridine rings is 1. The minimum absolute atomic E-state index is 0.676. The number of nitrogens with one attached hydrogen (secondary N) is 1. The lowest BCUT2D eigenvalue weighted by Gasteiger charge is -2.30. The Bertz CT molecular complexity index is 614. The number of anilines is 1. The SMILES string of the molecule is CCc1nc2ccc(C3CCN(SC)CC3)cn2c1NC. The number of piperidine rings is 1. The van der Waals surface area contributed by atoms with E-state index >= 15 is 0 Å². The molecule has 0 amide bonds. The molecule has 0 saturated carbocycles. The summed E-state index contributed by atoms with van der Waals surface area (Å²) in [6.07, 6.45) is 7.91. The summed E-state index contributed by atoms with van der Waals surface area (Å²) in [5, 5.41) is 3.30. The smallest absolute Gasteiger partial charge is 0.138 e. The highest BCUT2D eigenvalue weighted by Crippen LogP contribution is 2.31. The monoisotopic (exact) mass is 304 g/mol. The first-order valence-electron chi connectivity index (χ1n) is 7.74.